The van der Waals surface area contributed by atoms with Gasteiger partial charge in [-0.2, -0.15) is 0 Å². The van der Waals surface area contributed by atoms with Crippen LogP contribution in [0.4, 0.5) is 11.5 Å². The number of fused-ring (bicyclic) bond motifs is 1. The maximum atomic E-state index is 6.00. The molecule has 0 saturated carbocycles. The highest BCUT2D eigenvalue weighted by Gasteiger charge is 2.21. The summed E-state index contributed by atoms with van der Waals surface area (Å²) in [5.41, 5.74) is 2.04. The lowest BCUT2D eigenvalue weighted by Crippen LogP contribution is -2.46. The number of aromatic nitrogens is 2. The second kappa shape index (κ2) is 7.48. The molecule has 27 heavy (non-hydrogen) atoms. The minimum atomic E-state index is 0.669. The summed E-state index contributed by atoms with van der Waals surface area (Å²) in [5.74, 6) is 2.28. The molecule has 0 spiro atoms. The molecular formula is C20H21ClN4O2. The van der Waals surface area contributed by atoms with Crippen molar-refractivity contribution >= 4 is 34.0 Å². The molecule has 7 heteroatoms. The molecule has 3 aromatic rings. The van der Waals surface area contributed by atoms with Gasteiger partial charge in [0.1, 0.15) is 12.1 Å². The van der Waals surface area contributed by atoms with Gasteiger partial charge in [0.15, 0.2) is 11.5 Å². The number of anilines is 2. The lowest BCUT2D eigenvalue weighted by Gasteiger charge is -2.37. The molecule has 0 aliphatic carbocycles. The van der Waals surface area contributed by atoms with Gasteiger partial charge in [0.2, 0.25) is 0 Å². The molecule has 1 aliphatic heterocycles. The van der Waals surface area contributed by atoms with E-state index < -0.39 is 0 Å². The van der Waals surface area contributed by atoms with Crippen molar-refractivity contribution in [1.29, 1.82) is 0 Å². The molecule has 1 aliphatic rings. The second-order valence-electron chi connectivity index (χ2n) is 6.37. The standard InChI is InChI=1S/C20H21ClN4O2/c1-26-18-11-16-17(12-19(18)27-2)22-13-23-20(16)25-9-7-24(8-10-25)15-5-3-14(21)4-6-15/h3-6,11-13H,7-10H2,1-2H3. The van der Waals surface area contributed by atoms with Crippen LogP contribution in [0.2, 0.25) is 5.02 Å². The van der Waals surface area contributed by atoms with Gasteiger partial charge in [-0.3, -0.25) is 0 Å². The Morgan fingerprint density at radius 1 is 0.852 bits per heavy atom. The zero-order chi connectivity index (χ0) is 18.8. The predicted octanol–water partition coefficient (Wildman–Crippen LogP) is 3.63. The van der Waals surface area contributed by atoms with Gasteiger partial charge in [-0.15, -0.1) is 0 Å². The minimum Gasteiger partial charge on any atom is -0.493 e. The van der Waals surface area contributed by atoms with Crippen LogP contribution in [0.3, 0.4) is 0 Å². The molecule has 2 heterocycles. The van der Waals surface area contributed by atoms with Crippen LogP contribution in [0.15, 0.2) is 42.7 Å². The maximum absolute atomic E-state index is 6.00. The van der Waals surface area contributed by atoms with E-state index in [0.29, 0.717) is 11.5 Å². The fourth-order valence-corrected chi connectivity index (χ4v) is 3.58. The quantitative estimate of drug-likeness (QED) is 0.684. The summed E-state index contributed by atoms with van der Waals surface area (Å²) < 4.78 is 10.8. The third kappa shape index (κ3) is 3.45. The molecule has 0 unspecified atom stereocenters. The molecule has 0 amide bonds. The summed E-state index contributed by atoms with van der Waals surface area (Å²) in [7, 11) is 3.26. The van der Waals surface area contributed by atoms with Crippen molar-refractivity contribution < 1.29 is 9.47 Å². The summed E-state index contributed by atoms with van der Waals surface area (Å²) in [6, 6.07) is 11.8. The Balaban J connectivity index is 1.59. The molecule has 6 nitrogen and oxygen atoms in total. The lowest BCUT2D eigenvalue weighted by molar-refractivity contribution is 0.356. The average Bonchev–Trinajstić information content (AvgIpc) is 2.73. The van der Waals surface area contributed by atoms with Crippen molar-refractivity contribution in [2.24, 2.45) is 0 Å². The number of piperazine rings is 1. The van der Waals surface area contributed by atoms with Crippen molar-refractivity contribution in [3.8, 4) is 11.5 Å². The second-order valence-corrected chi connectivity index (χ2v) is 6.81. The van der Waals surface area contributed by atoms with Gasteiger partial charge in [-0.05, 0) is 30.3 Å². The van der Waals surface area contributed by atoms with E-state index >= 15 is 0 Å². The molecule has 1 fully saturated rings. The van der Waals surface area contributed by atoms with Crippen molar-refractivity contribution in [3.63, 3.8) is 0 Å². The summed E-state index contributed by atoms with van der Waals surface area (Å²) in [6.07, 6.45) is 1.61. The molecule has 2 aromatic carbocycles. The molecule has 0 radical (unpaired) electrons. The van der Waals surface area contributed by atoms with Crippen LogP contribution in [0.25, 0.3) is 10.9 Å². The van der Waals surface area contributed by atoms with Gasteiger partial charge in [0.25, 0.3) is 0 Å². The van der Waals surface area contributed by atoms with Gasteiger partial charge < -0.3 is 19.3 Å². The van der Waals surface area contributed by atoms with Crippen LogP contribution in [0.5, 0.6) is 11.5 Å². The average molecular weight is 385 g/mol. The van der Waals surface area contributed by atoms with Crippen molar-refractivity contribution in [2.45, 2.75) is 0 Å². The first-order chi connectivity index (χ1) is 13.2. The van der Waals surface area contributed by atoms with Crippen LogP contribution in [-0.4, -0.2) is 50.4 Å². The Labute approximate surface area is 163 Å². The van der Waals surface area contributed by atoms with E-state index in [1.807, 2.05) is 24.3 Å². The topological polar surface area (TPSA) is 50.7 Å². The fraction of sp³-hybridized carbons (Fsp3) is 0.300. The Morgan fingerprint density at radius 2 is 1.48 bits per heavy atom. The molecule has 140 valence electrons. The Hall–Kier alpha value is -2.73. The third-order valence-electron chi connectivity index (χ3n) is 4.89. The monoisotopic (exact) mass is 384 g/mol. The normalized spacial score (nSPS) is 14.5. The predicted molar refractivity (Wildman–Crippen MR) is 109 cm³/mol. The molecule has 0 atom stereocenters. The van der Waals surface area contributed by atoms with E-state index in [0.717, 1.165) is 47.9 Å². The largest absolute Gasteiger partial charge is 0.493 e. The number of ether oxygens (including phenoxy) is 2. The Morgan fingerprint density at radius 3 is 2.15 bits per heavy atom. The summed E-state index contributed by atoms with van der Waals surface area (Å²) in [4.78, 5) is 13.6. The highest BCUT2D eigenvalue weighted by molar-refractivity contribution is 6.30. The smallest absolute Gasteiger partial charge is 0.162 e. The highest BCUT2D eigenvalue weighted by Crippen LogP contribution is 2.35. The van der Waals surface area contributed by atoms with Crippen LogP contribution >= 0.6 is 11.6 Å². The van der Waals surface area contributed by atoms with Crippen molar-refractivity contribution in [3.05, 3.63) is 47.7 Å². The number of halogens is 1. The van der Waals surface area contributed by atoms with Crippen LogP contribution in [0, 0.1) is 0 Å². The summed E-state index contributed by atoms with van der Waals surface area (Å²) >= 11 is 6.00. The molecule has 0 bridgehead atoms. The zero-order valence-electron chi connectivity index (χ0n) is 15.4. The van der Waals surface area contributed by atoms with E-state index in [2.05, 4.69) is 31.9 Å². The number of rotatable bonds is 4. The number of benzene rings is 2. The number of nitrogens with zero attached hydrogens (tertiary/aromatic N) is 4. The van der Waals surface area contributed by atoms with E-state index in [1.54, 1.807) is 20.5 Å². The molecule has 1 saturated heterocycles. The van der Waals surface area contributed by atoms with Gasteiger partial charge in [-0.25, -0.2) is 9.97 Å². The molecule has 4 rings (SSSR count). The number of hydrogen-bond donors (Lipinski definition) is 0. The summed E-state index contributed by atoms with van der Waals surface area (Å²) in [6.45, 7) is 3.59. The van der Waals surface area contributed by atoms with E-state index in [9.17, 15) is 0 Å². The van der Waals surface area contributed by atoms with Gasteiger partial charge in [-0.1, -0.05) is 11.6 Å². The van der Waals surface area contributed by atoms with E-state index in [-0.39, 0.29) is 0 Å². The van der Waals surface area contributed by atoms with Gasteiger partial charge >= 0.3 is 0 Å². The first-order valence-corrected chi connectivity index (χ1v) is 9.19. The first-order valence-electron chi connectivity index (χ1n) is 8.82. The third-order valence-corrected chi connectivity index (χ3v) is 5.14. The lowest BCUT2D eigenvalue weighted by atomic mass is 10.1. The SMILES string of the molecule is COc1cc2ncnc(N3CCN(c4ccc(Cl)cc4)CC3)c2cc1OC. The molecule has 1 aromatic heterocycles. The Kier molecular flexibility index (Phi) is 4.90. The highest BCUT2D eigenvalue weighted by atomic mass is 35.5. The first kappa shape index (κ1) is 17.7. The fourth-order valence-electron chi connectivity index (χ4n) is 3.45. The minimum absolute atomic E-state index is 0.669. The van der Waals surface area contributed by atoms with Crippen molar-refractivity contribution in [1.82, 2.24) is 9.97 Å². The van der Waals surface area contributed by atoms with E-state index in [4.69, 9.17) is 21.1 Å². The Bertz CT molecular complexity index is 941. The van der Waals surface area contributed by atoms with Crippen LogP contribution in [0.1, 0.15) is 0 Å². The summed E-state index contributed by atoms with van der Waals surface area (Å²) in [5, 5.41) is 1.73. The van der Waals surface area contributed by atoms with Crippen molar-refractivity contribution in [2.75, 3.05) is 50.2 Å². The maximum Gasteiger partial charge on any atom is 0.162 e. The zero-order valence-corrected chi connectivity index (χ0v) is 16.1. The van der Waals surface area contributed by atoms with E-state index in [1.165, 1.54) is 5.69 Å². The van der Waals surface area contributed by atoms with Crippen LogP contribution < -0.4 is 19.3 Å². The molecule has 0 N–H and O–H groups in total. The van der Waals surface area contributed by atoms with Gasteiger partial charge in [0, 0.05) is 48.3 Å². The van der Waals surface area contributed by atoms with Gasteiger partial charge in [0.05, 0.1) is 19.7 Å². The van der Waals surface area contributed by atoms with Crippen LogP contribution in [-0.2, 0) is 0 Å². The number of methoxy groups -OCH3 is 2. The molecular weight excluding hydrogens is 364 g/mol. The number of hydrogen-bond acceptors (Lipinski definition) is 6.